The van der Waals surface area contributed by atoms with E-state index in [1.165, 1.54) is 0 Å². The Hall–Kier alpha value is 2.08. The average Bonchev–Trinajstić information content (AvgIpc) is 1.19. The van der Waals surface area contributed by atoms with E-state index in [0.29, 0.717) is 0 Å². The SMILES string of the molecule is O=P(O)(O)O.OB(O)O.[CaH2].[MgH2]. The maximum absolute atomic E-state index is 8.88. The number of hydrogen-bond acceptors (Lipinski definition) is 4. The van der Waals surface area contributed by atoms with Crippen molar-refractivity contribution in [3.63, 3.8) is 0 Å². The Morgan fingerprint density at radius 2 is 1.00 bits per heavy atom. The standard InChI is InChI=1S/BH3O3.Ca.Mg.H3O4P.4H/c2-1(3)4;;;1-5(2,3)4;;;;/h2-4H;;;(H3,1,2,3,4);;;;. The molecule has 0 bridgehead atoms. The fourth-order valence-electron chi connectivity index (χ4n) is 0. The van der Waals surface area contributed by atoms with Crippen LogP contribution in [0.4, 0.5) is 0 Å². The first kappa shape index (κ1) is 23.2. The topological polar surface area (TPSA) is 138 Å². The maximum Gasteiger partial charge on any atom is 0.316 e. The van der Waals surface area contributed by atoms with E-state index in [2.05, 4.69) is 0 Å². The molecule has 11 heteroatoms. The molecule has 0 spiro atoms. The average molecular weight is 228 g/mol. The van der Waals surface area contributed by atoms with E-state index in [0.717, 1.165) is 0 Å². The molecule has 0 saturated heterocycles. The van der Waals surface area contributed by atoms with Gasteiger partial charge in [-0.05, 0) is 0 Å². The minimum atomic E-state index is -4.64. The molecule has 0 aromatic heterocycles. The fourth-order valence-corrected chi connectivity index (χ4v) is 0. The van der Waals surface area contributed by atoms with Gasteiger partial charge >= 0.3 is 75.9 Å². The summed E-state index contributed by atoms with van der Waals surface area (Å²) in [5, 5.41) is 21.5. The van der Waals surface area contributed by atoms with Crippen LogP contribution in [-0.4, -0.2) is 97.9 Å². The monoisotopic (exact) mass is 228 g/mol. The van der Waals surface area contributed by atoms with Gasteiger partial charge in [0.1, 0.15) is 0 Å². The summed E-state index contributed by atoms with van der Waals surface area (Å²) in [6.45, 7) is 0. The van der Waals surface area contributed by atoms with Crippen LogP contribution < -0.4 is 0 Å². The molecule has 7 nitrogen and oxygen atoms in total. The van der Waals surface area contributed by atoms with E-state index in [4.69, 9.17) is 34.3 Å². The van der Waals surface area contributed by atoms with Crippen molar-refractivity contribution in [3.8, 4) is 0 Å². The maximum atomic E-state index is 8.88. The summed E-state index contributed by atoms with van der Waals surface area (Å²) in [4.78, 5) is 21.6. The Morgan fingerprint density at radius 3 is 1.00 bits per heavy atom. The summed E-state index contributed by atoms with van der Waals surface area (Å²) < 4.78 is 8.88. The van der Waals surface area contributed by atoms with Gasteiger partial charge < -0.3 is 29.8 Å². The Morgan fingerprint density at radius 1 is 1.00 bits per heavy atom. The molecule has 6 N–H and O–H groups in total. The molecule has 0 aromatic rings. The first-order valence-electron chi connectivity index (χ1n) is 1.56. The van der Waals surface area contributed by atoms with Crippen LogP contribution in [0, 0.1) is 0 Å². The zero-order valence-corrected chi connectivity index (χ0v) is 5.01. The Labute approximate surface area is 109 Å². The quantitative estimate of drug-likeness (QED) is 0.181. The summed E-state index contributed by atoms with van der Waals surface area (Å²) in [5.74, 6) is 0. The molecule has 64 valence electrons. The molecule has 0 aromatic carbocycles. The molecule has 0 atom stereocenters. The van der Waals surface area contributed by atoms with Crippen molar-refractivity contribution in [1.82, 2.24) is 0 Å². The molecule has 0 fully saturated rings. The summed E-state index contributed by atoms with van der Waals surface area (Å²) in [7, 11) is -6.81. The summed E-state index contributed by atoms with van der Waals surface area (Å²) in [6.07, 6.45) is 0. The zero-order chi connectivity index (χ0) is 8.08. The summed E-state index contributed by atoms with van der Waals surface area (Å²) >= 11 is 0. The molecular formula is H10BCaMgO7P. The molecule has 0 amide bonds. The molecule has 0 aliphatic carbocycles. The predicted molar refractivity (Wildman–Crippen MR) is 43.8 cm³/mol. The minimum Gasteiger partial charge on any atom is 0.316 e. The first-order chi connectivity index (χ1) is 3.73. The van der Waals surface area contributed by atoms with E-state index in [1.54, 1.807) is 0 Å². The van der Waals surface area contributed by atoms with Gasteiger partial charge in [0.2, 0.25) is 0 Å². The van der Waals surface area contributed by atoms with Crippen LogP contribution in [0.3, 0.4) is 0 Å². The van der Waals surface area contributed by atoms with Crippen molar-refractivity contribution >= 4 is 75.9 Å². The van der Waals surface area contributed by atoms with Gasteiger partial charge in [-0.25, -0.2) is 4.57 Å². The third kappa shape index (κ3) is 284. The molecular weight excluding hydrogens is 218 g/mol. The Kier molecular flexibility index (Phi) is 25.4. The van der Waals surface area contributed by atoms with E-state index in [9.17, 15) is 0 Å². The predicted octanol–water partition coefficient (Wildman–Crippen LogP) is -4.81. The van der Waals surface area contributed by atoms with Gasteiger partial charge in [-0.15, -0.1) is 0 Å². The van der Waals surface area contributed by atoms with Crippen molar-refractivity contribution in [2.45, 2.75) is 0 Å². The summed E-state index contributed by atoms with van der Waals surface area (Å²) in [6, 6.07) is 0. The van der Waals surface area contributed by atoms with Crippen molar-refractivity contribution in [2.24, 2.45) is 0 Å². The second kappa shape index (κ2) is 12.1. The van der Waals surface area contributed by atoms with Crippen molar-refractivity contribution in [2.75, 3.05) is 0 Å². The first-order valence-corrected chi connectivity index (χ1v) is 3.12. The smallest absolute Gasteiger partial charge is 0.316 e. The van der Waals surface area contributed by atoms with Crippen molar-refractivity contribution < 1.29 is 34.3 Å². The van der Waals surface area contributed by atoms with Gasteiger partial charge in [-0.2, -0.15) is 0 Å². The van der Waals surface area contributed by atoms with Crippen LogP contribution in [0.1, 0.15) is 0 Å². The summed E-state index contributed by atoms with van der Waals surface area (Å²) in [5.41, 5.74) is 0. The van der Waals surface area contributed by atoms with E-state index >= 15 is 0 Å². The zero-order valence-electron chi connectivity index (χ0n) is 4.12. The van der Waals surface area contributed by atoms with Gasteiger partial charge in [0.25, 0.3) is 0 Å². The van der Waals surface area contributed by atoms with Gasteiger partial charge in [-0.1, -0.05) is 0 Å². The second-order valence-electron chi connectivity index (χ2n) is 0.860. The Balaban J connectivity index is -0.0000000383. The van der Waals surface area contributed by atoms with E-state index in [-0.39, 0.29) is 60.8 Å². The van der Waals surface area contributed by atoms with Crippen LogP contribution in [0.15, 0.2) is 0 Å². The molecule has 0 heterocycles. The van der Waals surface area contributed by atoms with Gasteiger partial charge in [0.15, 0.2) is 0 Å². The largest absolute Gasteiger partial charge is 0.316 e. The molecule has 0 unspecified atom stereocenters. The second-order valence-corrected chi connectivity index (χ2v) is 1.89. The van der Waals surface area contributed by atoms with E-state index in [1.807, 2.05) is 0 Å². The molecule has 0 aliphatic rings. The van der Waals surface area contributed by atoms with Crippen molar-refractivity contribution in [1.29, 1.82) is 0 Å². The molecule has 0 rings (SSSR count). The van der Waals surface area contributed by atoms with Crippen LogP contribution in [0.25, 0.3) is 0 Å². The van der Waals surface area contributed by atoms with Crippen LogP contribution in [0.2, 0.25) is 0 Å². The minimum absolute atomic E-state index is 0. The third-order valence-electron chi connectivity index (χ3n) is 0. The molecule has 0 saturated carbocycles. The van der Waals surface area contributed by atoms with Crippen LogP contribution >= 0.6 is 7.82 Å². The molecule has 0 radical (unpaired) electrons. The van der Waals surface area contributed by atoms with Crippen LogP contribution in [0.5, 0.6) is 0 Å². The number of rotatable bonds is 0. The van der Waals surface area contributed by atoms with Gasteiger partial charge in [0, 0.05) is 0 Å². The number of phosphoric acid groups is 1. The normalized spacial score (nSPS) is 7.82. The molecule has 0 aliphatic heterocycles. The number of hydrogen-bond donors (Lipinski definition) is 6. The molecule has 11 heavy (non-hydrogen) atoms. The van der Waals surface area contributed by atoms with Crippen LogP contribution in [-0.2, 0) is 4.57 Å². The van der Waals surface area contributed by atoms with Crippen molar-refractivity contribution in [3.05, 3.63) is 0 Å². The fraction of sp³-hybridized carbons (Fsp3) is 0. The van der Waals surface area contributed by atoms with E-state index < -0.39 is 15.1 Å². The third-order valence-corrected chi connectivity index (χ3v) is 0. The van der Waals surface area contributed by atoms with Gasteiger partial charge in [0.05, 0.1) is 0 Å². The van der Waals surface area contributed by atoms with Gasteiger partial charge in [-0.3, -0.25) is 0 Å². The Bertz CT molecular complexity index is 89.6.